The fraction of sp³-hybridized carbons (Fsp3) is 0.857. The van der Waals surface area contributed by atoms with E-state index in [-0.39, 0.29) is 6.23 Å². The molecule has 0 aromatic heterocycles. The predicted molar refractivity (Wildman–Crippen MR) is 38.9 cm³/mol. The Hall–Kier alpha value is -0.770. The Bertz CT molecular complexity index is 167. The van der Waals surface area contributed by atoms with Crippen LogP contribution in [0.4, 0.5) is 4.79 Å². The summed E-state index contributed by atoms with van der Waals surface area (Å²) in [7, 11) is 4.01. The van der Waals surface area contributed by atoms with Crippen LogP contribution >= 0.6 is 0 Å². The molecule has 1 saturated heterocycles. The number of quaternary nitrogens is 1. The van der Waals surface area contributed by atoms with Crippen molar-refractivity contribution in [3.8, 4) is 0 Å². The molecular weight excluding hydrogens is 146 g/mol. The second kappa shape index (κ2) is 2.70. The van der Waals surface area contributed by atoms with E-state index in [1.165, 1.54) is 0 Å². The summed E-state index contributed by atoms with van der Waals surface area (Å²) < 4.78 is 10.3. The van der Waals surface area contributed by atoms with Crippen LogP contribution in [0.3, 0.4) is 0 Å². The van der Waals surface area contributed by atoms with Crippen molar-refractivity contribution in [3.63, 3.8) is 0 Å². The van der Waals surface area contributed by atoms with Crippen LogP contribution < -0.4 is 0 Å². The van der Waals surface area contributed by atoms with Crippen LogP contribution in [0.15, 0.2) is 0 Å². The van der Waals surface area contributed by atoms with E-state index in [2.05, 4.69) is 4.74 Å². The molecule has 64 valence electrons. The Morgan fingerprint density at radius 3 is 2.64 bits per heavy atom. The first kappa shape index (κ1) is 8.33. The molecule has 0 aromatic carbocycles. The van der Waals surface area contributed by atoms with Crippen LogP contribution in [0.1, 0.15) is 6.92 Å². The normalized spacial score (nSPS) is 24.6. The smallest absolute Gasteiger partial charge is 0.424 e. The Labute approximate surface area is 66.3 Å². The average molecular weight is 160 g/mol. The van der Waals surface area contributed by atoms with E-state index in [1.807, 2.05) is 21.0 Å². The number of ether oxygens (including phenoxy) is 2. The first-order chi connectivity index (χ1) is 5.06. The van der Waals surface area contributed by atoms with Gasteiger partial charge in [-0.15, -0.1) is 0 Å². The maximum Gasteiger partial charge on any atom is 0.513 e. The lowest BCUT2D eigenvalue weighted by molar-refractivity contribution is -0.930. The molecule has 0 bridgehead atoms. The lowest BCUT2D eigenvalue weighted by Gasteiger charge is -2.31. The van der Waals surface area contributed by atoms with Gasteiger partial charge >= 0.3 is 6.16 Å². The van der Waals surface area contributed by atoms with Gasteiger partial charge in [0.05, 0.1) is 20.6 Å². The predicted octanol–water partition coefficient (Wildman–Crippen LogP) is 0.576. The molecule has 1 heterocycles. The summed E-state index contributed by atoms with van der Waals surface area (Å²) in [4.78, 5) is 10.6. The van der Waals surface area contributed by atoms with Gasteiger partial charge in [-0.05, 0) is 6.92 Å². The van der Waals surface area contributed by atoms with Crippen molar-refractivity contribution < 1.29 is 18.8 Å². The average Bonchev–Trinajstić information content (AvgIpc) is 2.36. The number of cyclic esters (lactones) is 2. The highest BCUT2D eigenvalue weighted by atomic mass is 16.8. The van der Waals surface area contributed by atoms with Crippen LogP contribution in [0.2, 0.25) is 0 Å². The van der Waals surface area contributed by atoms with E-state index >= 15 is 0 Å². The lowest BCUT2D eigenvalue weighted by Crippen LogP contribution is -2.49. The molecule has 1 atom stereocenters. The van der Waals surface area contributed by atoms with E-state index in [0.717, 1.165) is 6.54 Å². The minimum absolute atomic E-state index is 0.132. The van der Waals surface area contributed by atoms with Crippen molar-refractivity contribution in [1.29, 1.82) is 0 Å². The summed E-state index contributed by atoms with van der Waals surface area (Å²) in [6.07, 6.45) is -0.679. The summed E-state index contributed by atoms with van der Waals surface area (Å²) in [6, 6.07) is 0. The molecule has 0 amide bonds. The van der Waals surface area contributed by atoms with Crippen molar-refractivity contribution in [3.05, 3.63) is 0 Å². The van der Waals surface area contributed by atoms with Gasteiger partial charge in [0.15, 0.2) is 6.61 Å². The summed E-state index contributed by atoms with van der Waals surface area (Å²) in [5.74, 6) is 0. The molecule has 4 nitrogen and oxygen atoms in total. The number of hydrogen-bond acceptors (Lipinski definition) is 3. The van der Waals surface area contributed by atoms with Gasteiger partial charge in [-0.25, -0.2) is 4.79 Å². The van der Waals surface area contributed by atoms with Gasteiger partial charge in [0, 0.05) is 0 Å². The first-order valence-electron chi connectivity index (χ1n) is 3.72. The molecule has 0 radical (unpaired) electrons. The fourth-order valence-corrected chi connectivity index (χ4v) is 0.867. The molecule has 0 aromatic rings. The molecule has 0 N–H and O–H groups in total. The van der Waals surface area contributed by atoms with Gasteiger partial charge in [0.1, 0.15) is 0 Å². The maximum atomic E-state index is 10.6. The highest BCUT2D eigenvalue weighted by Crippen LogP contribution is 2.14. The minimum Gasteiger partial charge on any atom is -0.424 e. The van der Waals surface area contributed by atoms with Crippen molar-refractivity contribution in [2.75, 3.05) is 27.2 Å². The number of hydrogen-bond donors (Lipinski definition) is 0. The van der Waals surface area contributed by atoms with E-state index < -0.39 is 6.16 Å². The SMILES string of the molecule is CC[N+](C)(C)C1COC(=O)O1. The van der Waals surface area contributed by atoms with Gasteiger partial charge in [0.25, 0.3) is 6.23 Å². The maximum absolute atomic E-state index is 10.6. The third kappa shape index (κ3) is 1.63. The van der Waals surface area contributed by atoms with Crippen molar-refractivity contribution in [1.82, 2.24) is 0 Å². The van der Waals surface area contributed by atoms with Crippen LogP contribution in [-0.4, -0.2) is 44.1 Å². The van der Waals surface area contributed by atoms with Gasteiger partial charge < -0.3 is 9.47 Å². The zero-order valence-corrected chi connectivity index (χ0v) is 7.16. The number of carbonyl (C=O) groups is 1. The molecule has 11 heavy (non-hydrogen) atoms. The van der Waals surface area contributed by atoms with Crippen molar-refractivity contribution in [2.45, 2.75) is 13.2 Å². The zero-order chi connectivity index (χ0) is 8.48. The Morgan fingerprint density at radius 2 is 2.27 bits per heavy atom. The summed E-state index contributed by atoms with van der Waals surface area (Å²) >= 11 is 0. The molecule has 0 saturated carbocycles. The molecule has 1 aliphatic rings. The standard InChI is InChI=1S/C7H14NO3/c1-4-8(2,3)6-5-10-7(9)11-6/h6H,4-5H2,1-3H3/q+1. The van der Waals surface area contributed by atoms with Gasteiger partial charge in [0.2, 0.25) is 0 Å². The van der Waals surface area contributed by atoms with Crippen LogP contribution in [0.25, 0.3) is 0 Å². The van der Waals surface area contributed by atoms with E-state index in [1.54, 1.807) is 0 Å². The molecule has 1 aliphatic heterocycles. The third-order valence-electron chi connectivity index (χ3n) is 2.17. The van der Waals surface area contributed by atoms with Gasteiger partial charge in [-0.3, -0.25) is 4.48 Å². The topological polar surface area (TPSA) is 35.5 Å². The minimum atomic E-state index is -0.547. The Morgan fingerprint density at radius 1 is 1.64 bits per heavy atom. The molecule has 1 rings (SSSR count). The van der Waals surface area contributed by atoms with E-state index in [9.17, 15) is 4.79 Å². The monoisotopic (exact) mass is 160 g/mol. The zero-order valence-electron chi connectivity index (χ0n) is 7.16. The quantitative estimate of drug-likeness (QED) is 0.437. The highest BCUT2D eigenvalue weighted by molar-refractivity contribution is 5.61. The third-order valence-corrected chi connectivity index (χ3v) is 2.17. The first-order valence-corrected chi connectivity index (χ1v) is 3.72. The summed E-state index contributed by atoms with van der Waals surface area (Å²) in [6.45, 7) is 3.34. The second-order valence-electron chi connectivity index (χ2n) is 3.23. The van der Waals surface area contributed by atoms with E-state index in [0.29, 0.717) is 11.1 Å². The number of likely N-dealkylation sites (N-methyl/N-ethyl adjacent to an activating group) is 1. The highest BCUT2D eigenvalue weighted by Gasteiger charge is 2.37. The van der Waals surface area contributed by atoms with Gasteiger partial charge in [-0.1, -0.05) is 0 Å². The summed E-state index contributed by atoms with van der Waals surface area (Å²) in [5, 5.41) is 0. The van der Waals surface area contributed by atoms with Crippen LogP contribution in [0.5, 0.6) is 0 Å². The fourth-order valence-electron chi connectivity index (χ4n) is 0.867. The van der Waals surface area contributed by atoms with Gasteiger partial charge in [-0.2, -0.15) is 0 Å². The number of rotatable bonds is 2. The molecule has 0 aliphatic carbocycles. The summed E-state index contributed by atoms with van der Waals surface area (Å²) in [5.41, 5.74) is 0. The number of nitrogens with zero attached hydrogens (tertiary/aromatic N) is 1. The number of carbonyl (C=O) groups excluding carboxylic acids is 1. The van der Waals surface area contributed by atoms with E-state index in [4.69, 9.17) is 4.74 Å². The molecule has 1 unspecified atom stereocenters. The second-order valence-corrected chi connectivity index (χ2v) is 3.23. The molecule has 0 spiro atoms. The Kier molecular flexibility index (Phi) is 2.04. The molecule has 1 fully saturated rings. The van der Waals surface area contributed by atoms with Crippen molar-refractivity contribution >= 4 is 6.16 Å². The lowest BCUT2D eigenvalue weighted by atomic mass is 10.4. The largest absolute Gasteiger partial charge is 0.513 e. The van der Waals surface area contributed by atoms with Crippen molar-refractivity contribution in [2.24, 2.45) is 0 Å². The molecular formula is C7H14NO3+. The van der Waals surface area contributed by atoms with Crippen LogP contribution in [-0.2, 0) is 9.47 Å². The Balaban J connectivity index is 2.55. The van der Waals surface area contributed by atoms with Crippen LogP contribution in [0, 0.1) is 0 Å². The molecule has 4 heteroatoms.